The van der Waals surface area contributed by atoms with Crippen molar-refractivity contribution < 1.29 is 23.9 Å². The second-order valence-corrected chi connectivity index (χ2v) is 12.1. The fourth-order valence-electron chi connectivity index (χ4n) is 5.60. The molecule has 1 atom stereocenters. The average molecular weight is 568 g/mol. The zero-order valence-corrected chi connectivity index (χ0v) is 24.9. The Hall–Kier alpha value is -3.29. The van der Waals surface area contributed by atoms with E-state index in [-0.39, 0.29) is 24.0 Å². The Kier molecular flexibility index (Phi) is 10.5. The van der Waals surface area contributed by atoms with Crippen molar-refractivity contribution in [3.63, 3.8) is 0 Å². The summed E-state index contributed by atoms with van der Waals surface area (Å²) in [5.74, 6) is 6.44. The molecule has 3 saturated heterocycles. The van der Waals surface area contributed by atoms with E-state index in [1.165, 1.54) is 0 Å². The normalized spacial score (nSPS) is 21.1. The number of nitrogens with one attached hydrogen (secondary N) is 3. The van der Waals surface area contributed by atoms with E-state index in [2.05, 4.69) is 32.7 Å². The Labute approximate surface area is 243 Å². The van der Waals surface area contributed by atoms with Gasteiger partial charge in [0.25, 0.3) is 0 Å². The molecular weight excluding hydrogens is 522 g/mol. The lowest BCUT2D eigenvalue weighted by molar-refractivity contribution is -0.133. The van der Waals surface area contributed by atoms with Gasteiger partial charge in [-0.15, -0.1) is 0 Å². The van der Waals surface area contributed by atoms with Crippen LogP contribution in [-0.2, 0) is 19.1 Å². The quantitative estimate of drug-likeness (QED) is 0.340. The lowest BCUT2D eigenvalue weighted by atomic mass is 9.95. The van der Waals surface area contributed by atoms with Gasteiger partial charge in [0.15, 0.2) is 0 Å². The van der Waals surface area contributed by atoms with Crippen molar-refractivity contribution in [2.75, 3.05) is 57.0 Å². The van der Waals surface area contributed by atoms with E-state index in [4.69, 9.17) is 9.47 Å². The van der Waals surface area contributed by atoms with Crippen LogP contribution in [-0.4, -0.2) is 91.8 Å². The summed E-state index contributed by atoms with van der Waals surface area (Å²) in [7, 11) is 1.82. The highest BCUT2D eigenvalue weighted by Crippen LogP contribution is 2.27. The molecule has 0 radical (unpaired) electrons. The van der Waals surface area contributed by atoms with E-state index in [0.717, 1.165) is 75.3 Å². The Bertz CT molecular complexity index is 1140. The molecule has 3 amide bonds. The number of hydrogen-bond donors (Lipinski definition) is 3. The first-order valence-electron chi connectivity index (χ1n) is 14.8. The van der Waals surface area contributed by atoms with Gasteiger partial charge in [-0.25, -0.2) is 4.79 Å². The van der Waals surface area contributed by atoms with Gasteiger partial charge in [-0.1, -0.05) is 17.9 Å². The maximum atomic E-state index is 12.3. The first-order valence-corrected chi connectivity index (χ1v) is 14.8. The van der Waals surface area contributed by atoms with Crippen molar-refractivity contribution in [2.45, 2.75) is 77.0 Å². The third-order valence-electron chi connectivity index (χ3n) is 7.81. The number of para-hydroxylation sites is 1. The predicted molar refractivity (Wildman–Crippen MR) is 159 cm³/mol. The largest absolute Gasteiger partial charge is 0.444 e. The Morgan fingerprint density at radius 2 is 1.80 bits per heavy atom. The zero-order chi connectivity index (χ0) is 29.4. The zero-order valence-electron chi connectivity index (χ0n) is 24.9. The monoisotopic (exact) mass is 567 g/mol. The van der Waals surface area contributed by atoms with Crippen LogP contribution in [0.5, 0.6) is 0 Å². The molecule has 3 aliphatic heterocycles. The number of nitrogens with zero attached hydrogens (tertiary/aromatic N) is 2. The van der Waals surface area contributed by atoms with Crippen LogP contribution in [0.1, 0.15) is 64.9 Å². The van der Waals surface area contributed by atoms with Crippen LogP contribution in [0.2, 0.25) is 0 Å². The van der Waals surface area contributed by atoms with Gasteiger partial charge < -0.3 is 29.9 Å². The van der Waals surface area contributed by atoms with E-state index in [9.17, 15) is 14.4 Å². The Morgan fingerprint density at radius 1 is 1.07 bits per heavy atom. The van der Waals surface area contributed by atoms with Crippen molar-refractivity contribution in [3.8, 4) is 11.8 Å². The number of piperidine rings is 3. The number of rotatable bonds is 7. The highest BCUT2D eigenvalue weighted by Gasteiger charge is 2.29. The van der Waals surface area contributed by atoms with Crippen molar-refractivity contribution in [1.82, 2.24) is 15.1 Å². The SMILES string of the molecule is CNc1c(C#CCOC2CCN(CC3CCN(C(=O)OC(C)(C)C)CC3)CC2)cccc1NC1CCC(=O)NC1=O. The average Bonchev–Trinajstić information content (AvgIpc) is 2.93. The standard InChI is InChI=1S/C31H45N5O5/c1-31(2,3)41-30(39)36-18-12-22(13-19-36)21-35-16-14-24(15-17-35)40-20-6-8-23-7-5-9-25(28(23)32-4)33-26-10-11-27(37)34-29(26)38/h5,7,9,22,24,26,32-33H,10-21H2,1-4H3,(H,34,37,38). The third kappa shape index (κ3) is 9.10. The highest BCUT2D eigenvalue weighted by atomic mass is 16.6. The Morgan fingerprint density at radius 3 is 2.46 bits per heavy atom. The third-order valence-corrected chi connectivity index (χ3v) is 7.81. The second-order valence-electron chi connectivity index (χ2n) is 12.1. The summed E-state index contributed by atoms with van der Waals surface area (Å²) in [6.45, 7) is 10.7. The molecule has 0 aliphatic carbocycles. The van der Waals surface area contributed by atoms with Gasteiger partial charge in [0.05, 0.1) is 17.5 Å². The number of imide groups is 1. The molecule has 0 bridgehead atoms. The van der Waals surface area contributed by atoms with Crippen LogP contribution in [0.25, 0.3) is 0 Å². The summed E-state index contributed by atoms with van der Waals surface area (Å²) in [5.41, 5.74) is 1.96. The van der Waals surface area contributed by atoms with Crippen molar-refractivity contribution in [2.24, 2.45) is 5.92 Å². The minimum atomic E-state index is -0.456. The molecule has 1 aromatic carbocycles. The van der Waals surface area contributed by atoms with Crippen LogP contribution >= 0.6 is 0 Å². The number of ether oxygens (including phenoxy) is 2. The molecule has 4 rings (SSSR count). The first kappa shape index (κ1) is 30.7. The molecule has 3 N–H and O–H groups in total. The van der Waals surface area contributed by atoms with Gasteiger partial charge in [-0.05, 0) is 70.9 Å². The molecule has 10 nitrogen and oxygen atoms in total. The lowest BCUT2D eigenvalue weighted by Gasteiger charge is -2.37. The number of hydrogen-bond acceptors (Lipinski definition) is 8. The molecule has 41 heavy (non-hydrogen) atoms. The number of anilines is 2. The van der Waals surface area contributed by atoms with Crippen molar-refractivity contribution >= 4 is 29.3 Å². The smallest absolute Gasteiger partial charge is 0.410 e. The first-order chi connectivity index (χ1) is 19.6. The lowest BCUT2D eigenvalue weighted by Crippen LogP contribution is -2.47. The number of carbonyl (C=O) groups excluding carboxylic acids is 3. The van der Waals surface area contributed by atoms with Crippen molar-refractivity contribution in [1.29, 1.82) is 0 Å². The number of benzene rings is 1. The van der Waals surface area contributed by atoms with Gasteiger partial charge >= 0.3 is 6.09 Å². The van der Waals surface area contributed by atoms with E-state index in [1.54, 1.807) is 0 Å². The van der Waals surface area contributed by atoms with Gasteiger partial charge in [0.1, 0.15) is 18.2 Å². The molecule has 0 spiro atoms. The number of likely N-dealkylation sites (tertiary alicyclic amines) is 2. The molecule has 0 saturated carbocycles. The molecule has 224 valence electrons. The Balaban J connectivity index is 1.18. The molecule has 1 aromatic rings. The number of amides is 3. The topological polar surface area (TPSA) is 112 Å². The van der Waals surface area contributed by atoms with E-state index < -0.39 is 11.6 Å². The molecule has 0 aromatic heterocycles. The minimum absolute atomic E-state index is 0.198. The summed E-state index contributed by atoms with van der Waals surface area (Å²) in [4.78, 5) is 40.3. The molecule has 3 fully saturated rings. The van der Waals surface area contributed by atoms with Gasteiger partial charge in [0.2, 0.25) is 11.8 Å². The summed E-state index contributed by atoms with van der Waals surface area (Å²) in [6.07, 6.45) is 4.81. The summed E-state index contributed by atoms with van der Waals surface area (Å²) >= 11 is 0. The number of carbonyl (C=O) groups is 3. The molecule has 3 aliphatic rings. The maximum Gasteiger partial charge on any atom is 0.410 e. The summed E-state index contributed by atoms with van der Waals surface area (Å²) in [5, 5.41) is 8.82. The van der Waals surface area contributed by atoms with Crippen LogP contribution in [0.4, 0.5) is 16.2 Å². The summed E-state index contributed by atoms with van der Waals surface area (Å²) < 4.78 is 11.6. The second kappa shape index (κ2) is 14.1. The van der Waals surface area contributed by atoms with Gasteiger partial charge in [-0.3, -0.25) is 14.9 Å². The molecular formula is C31H45N5O5. The fourth-order valence-corrected chi connectivity index (χ4v) is 5.60. The van der Waals surface area contributed by atoms with Crippen LogP contribution in [0, 0.1) is 17.8 Å². The van der Waals surface area contributed by atoms with E-state index in [0.29, 0.717) is 25.4 Å². The van der Waals surface area contributed by atoms with E-state index >= 15 is 0 Å². The highest BCUT2D eigenvalue weighted by molar-refractivity contribution is 6.01. The van der Waals surface area contributed by atoms with Crippen molar-refractivity contribution in [3.05, 3.63) is 23.8 Å². The predicted octanol–water partition coefficient (Wildman–Crippen LogP) is 3.43. The minimum Gasteiger partial charge on any atom is -0.444 e. The fraction of sp³-hybridized carbons (Fsp3) is 0.645. The molecule has 10 heteroatoms. The summed E-state index contributed by atoms with van der Waals surface area (Å²) in [6, 6.07) is 5.28. The maximum absolute atomic E-state index is 12.3. The van der Waals surface area contributed by atoms with Gasteiger partial charge in [0, 0.05) is 51.8 Å². The molecule has 3 heterocycles. The van der Waals surface area contributed by atoms with Gasteiger partial charge in [-0.2, -0.15) is 0 Å². The van der Waals surface area contributed by atoms with E-state index in [1.807, 2.05) is 50.9 Å². The van der Waals surface area contributed by atoms with Crippen LogP contribution in [0.15, 0.2) is 18.2 Å². The van der Waals surface area contributed by atoms with Crippen LogP contribution < -0.4 is 16.0 Å². The molecule has 1 unspecified atom stereocenters. The van der Waals surface area contributed by atoms with Crippen LogP contribution in [0.3, 0.4) is 0 Å².